The molecule has 8 heteroatoms. The third-order valence-corrected chi connectivity index (χ3v) is 5.08. The van der Waals surface area contributed by atoms with Crippen molar-refractivity contribution in [3.05, 3.63) is 36.5 Å². The monoisotopic (exact) mass is 343 g/mol. The van der Waals surface area contributed by atoms with Gasteiger partial charge >= 0.3 is 0 Å². The summed E-state index contributed by atoms with van der Waals surface area (Å²) in [6.45, 7) is 1.59. The van der Waals surface area contributed by atoms with Gasteiger partial charge in [-0.15, -0.1) is 12.4 Å². The number of rotatable bonds is 4. The number of halogens is 1. The highest BCUT2D eigenvalue weighted by atomic mass is 35.5. The molecule has 0 spiro atoms. The lowest BCUT2D eigenvalue weighted by molar-refractivity contribution is 0.427. The maximum atomic E-state index is 12.6. The van der Waals surface area contributed by atoms with E-state index in [0.29, 0.717) is 17.9 Å². The fourth-order valence-corrected chi connectivity index (χ4v) is 3.98. The Labute approximate surface area is 135 Å². The zero-order valence-corrected chi connectivity index (χ0v) is 13.5. The third-order valence-electron chi connectivity index (χ3n) is 3.50. The normalized spacial score (nSPS) is 18.6. The molecule has 0 aliphatic carbocycles. The van der Waals surface area contributed by atoms with E-state index >= 15 is 0 Å². The second kappa shape index (κ2) is 7.23. The number of piperidine rings is 1. The van der Waals surface area contributed by atoms with Gasteiger partial charge in [0, 0.05) is 24.2 Å². The Morgan fingerprint density at radius 1 is 1.27 bits per heavy atom. The summed E-state index contributed by atoms with van der Waals surface area (Å²) in [4.78, 5) is 0.215. The van der Waals surface area contributed by atoms with Crippen molar-refractivity contribution in [3.63, 3.8) is 0 Å². The minimum absolute atomic E-state index is 0. The Kier molecular flexibility index (Phi) is 5.57. The van der Waals surface area contributed by atoms with Gasteiger partial charge in [0.15, 0.2) is 5.76 Å². The summed E-state index contributed by atoms with van der Waals surface area (Å²) in [6, 6.07) is 8.35. The molecular formula is C14H18ClN3O3S. The summed E-state index contributed by atoms with van der Waals surface area (Å²) >= 11 is 0. The predicted molar refractivity (Wildman–Crippen MR) is 85.4 cm³/mol. The number of nitrogens with zero attached hydrogens (tertiary/aromatic N) is 1. The standard InChI is InChI=1S/C14H17N3O3S.ClH/c18-21(19,17-11-4-3-8-15-10-11)14-6-2-1-5-12(14)13-7-9-16-20-13;/h1-2,5-7,9,11,15,17H,3-4,8,10H2;1H. The largest absolute Gasteiger partial charge is 0.356 e. The first-order chi connectivity index (χ1) is 10.2. The molecule has 2 N–H and O–H groups in total. The highest BCUT2D eigenvalue weighted by molar-refractivity contribution is 7.89. The van der Waals surface area contributed by atoms with Gasteiger partial charge in [-0.25, -0.2) is 13.1 Å². The molecule has 1 aliphatic heterocycles. The van der Waals surface area contributed by atoms with Crippen molar-refractivity contribution in [2.24, 2.45) is 0 Å². The van der Waals surface area contributed by atoms with E-state index in [9.17, 15) is 8.42 Å². The molecule has 1 aliphatic rings. The van der Waals surface area contributed by atoms with Crippen LogP contribution in [0.1, 0.15) is 12.8 Å². The summed E-state index contributed by atoms with van der Waals surface area (Å²) < 4.78 is 33.1. The van der Waals surface area contributed by atoms with Crippen LogP contribution in [-0.4, -0.2) is 32.7 Å². The molecule has 1 aromatic carbocycles. The zero-order valence-electron chi connectivity index (χ0n) is 11.9. The fraction of sp³-hybridized carbons (Fsp3) is 0.357. The smallest absolute Gasteiger partial charge is 0.241 e. The van der Waals surface area contributed by atoms with Crippen molar-refractivity contribution in [2.75, 3.05) is 13.1 Å². The Hall–Kier alpha value is -1.41. The Morgan fingerprint density at radius 2 is 2.09 bits per heavy atom. The number of aromatic nitrogens is 1. The second-order valence-corrected chi connectivity index (χ2v) is 6.72. The molecule has 120 valence electrons. The highest BCUT2D eigenvalue weighted by Gasteiger charge is 2.25. The van der Waals surface area contributed by atoms with Crippen molar-refractivity contribution < 1.29 is 12.9 Å². The van der Waals surface area contributed by atoms with Gasteiger partial charge in [-0.2, -0.15) is 0 Å². The molecule has 22 heavy (non-hydrogen) atoms. The van der Waals surface area contributed by atoms with Crippen LogP contribution in [0.25, 0.3) is 11.3 Å². The van der Waals surface area contributed by atoms with Crippen LogP contribution in [0.15, 0.2) is 45.9 Å². The predicted octanol–water partition coefficient (Wildman–Crippen LogP) is 1.79. The molecule has 3 rings (SSSR count). The lowest BCUT2D eigenvalue weighted by atomic mass is 10.1. The Bertz CT molecular complexity index is 698. The maximum absolute atomic E-state index is 12.6. The number of benzene rings is 1. The Balaban J connectivity index is 0.00000176. The molecule has 1 fully saturated rings. The molecule has 0 bridgehead atoms. The van der Waals surface area contributed by atoms with Crippen molar-refractivity contribution >= 4 is 22.4 Å². The Morgan fingerprint density at radius 3 is 2.77 bits per heavy atom. The van der Waals surface area contributed by atoms with Crippen LogP contribution < -0.4 is 10.0 Å². The number of sulfonamides is 1. The lowest BCUT2D eigenvalue weighted by Crippen LogP contribution is -2.45. The molecule has 6 nitrogen and oxygen atoms in total. The SMILES string of the molecule is Cl.O=S(=O)(NC1CCCNC1)c1ccccc1-c1ccno1. The molecule has 0 amide bonds. The fourth-order valence-electron chi connectivity index (χ4n) is 2.49. The van der Waals surface area contributed by atoms with Gasteiger partial charge in [-0.3, -0.25) is 0 Å². The van der Waals surface area contributed by atoms with Gasteiger partial charge in [-0.1, -0.05) is 17.3 Å². The van der Waals surface area contributed by atoms with Crippen LogP contribution in [0.5, 0.6) is 0 Å². The first kappa shape index (κ1) is 17.0. The quantitative estimate of drug-likeness (QED) is 0.884. The molecule has 1 saturated heterocycles. The van der Waals surface area contributed by atoms with Crippen LogP contribution >= 0.6 is 12.4 Å². The molecule has 1 aromatic heterocycles. The van der Waals surface area contributed by atoms with Crippen LogP contribution in [0.4, 0.5) is 0 Å². The summed E-state index contributed by atoms with van der Waals surface area (Å²) in [7, 11) is -3.59. The van der Waals surface area contributed by atoms with Gasteiger partial charge in [0.25, 0.3) is 0 Å². The summed E-state index contributed by atoms with van der Waals surface area (Å²) in [5, 5.41) is 6.83. The molecule has 0 saturated carbocycles. The van der Waals surface area contributed by atoms with E-state index in [1.54, 1.807) is 30.3 Å². The number of hydrogen-bond acceptors (Lipinski definition) is 5. The molecule has 1 atom stereocenters. The number of hydrogen-bond donors (Lipinski definition) is 2. The van der Waals surface area contributed by atoms with Gasteiger partial charge < -0.3 is 9.84 Å². The first-order valence-corrected chi connectivity index (χ1v) is 8.38. The van der Waals surface area contributed by atoms with Gasteiger partial charge in [0.2, 0.25) is 10.0 Å². The van der Waals surface area contributed by atoms with E-state index in [0.717, 1.165) is 19.4 Å². The van der Waals surface area contributed by atoms with E-state index in [2.05, 4.69) is 15.2 Å². The van der Waals surface area contributed by atoms with E-state index in [1.807, 2.05) is 0 Å². The van der Waals surface area contributed by atoms with Crippen LogP contribution in [0, 0.1) is 0 Å². The summed E-state index contributed by atoms with van der Waals surface area (Å²) in [6.07, 6.45) is 3.31. The van der Waals surface area contributed by atoms with Crippen molar-refractivity contribution in [1.29, 1.82) is 0 Å². The maximum Gasteiger partial charge on any atom is 0.241 e. The van der Waals surface area contributed by atoms with Gasteiger partial charge in [-0.05, 0) is 31.5 Å². The molecular weight excluding hydrogens is 326 g/mol. The van der Waals surface area contributed by atoms with Crippen LogP contribution in [0.2, 0.25) is 0 Å². The lowest BCUT2D eigenvalue weighted by Gasteiger charge is -2.24. The van der Waals surface area contributed by atoms with Gasteiger partial charge in [0.05, 0.1) is 11.1 Å². The zero-order chi connectivity index (χ0) is 14.7. The molecule has 1 unspecified atom stereocenters. The minimum atomic E-state index is -3.59. The van der Waals surface area contributed by atoms with Crippen LogP contribution in [0.3, 0.4) is 0 Å². The van der Waals surface area contributed by atoms with Crippen molar-refractivity contribution in [1.82, 2.24) is 15.2 Å². The van der Waals surface area contributed by atoms with E-state index in [-0.39, 0.29) is 23.3 Å². The van der Waals surface area contributed by atoms with E-state index in [4.69, 9.17) is 4.52 Å². The topological polar surface area (TPSA) is 84.2 Å². The van der Waals surface area contributed by atoms with E-state index in [1.165, 1.54) is 6.20 Å². The molecule has 2 aromatic rings. The average molecular weight is 344 g/mol. The average Bonchev–Trinajstić information content (AvgIpc) is 3.02. The van der Waals surface area contributed by atoms with E-state index < -0.39 is 10.0 Å². The third kappa shape index (κ3) is 3.67. The summed E-state index contributed by atoms with van der Waals surface area (Å²) in [5.41, 5.74) is 0.520. The second-order valence-electron chi connectivity index (χ2n) is 5.04. The van der Waals surface area contributed by atoms with Crippen molar-refractivity contribution in [3.8, 4) is 11.3 Å². The number of nitrogens with one attached hydrogen (secondary N) is 2. The first-order valence-electron chi connectivity index (χ1n) is 6.90. The van der Waals surface area contributed by atoms with Crippen molar-refractivity contribution in [2.45, 2.75) is 23.8 Å². The molecule has 2 heterocycles. The minimum Gasteiger partial charge on any atom is -0.356 e. The molecule has 0 radical (unpaired) electrons. The highest BCUT2D eigenvalue weighted by Crippen LogP contribution is 2.27. The van der Waals surface area contributed by atoms with Crippen LogP contribution in [-0.2, 0) is 10.0 Å². The van der Waals surface area contributed by atoms with Gasteiger partial charge in [0.1, 0.15) is 0 Å². The summed E-state index contributed by atoms with van der Waals surface area (Å²) in [5.74, 6) is 0.442.